The summed E-state index contributed by atoms with van der Waals surface area (Å²) in [5, 5.41) is 20.5. The molecular weight excluding hydrogens is 280 g/mol. The summed E-state index contributed by atoms with van der Waals surface area (Å²) in [7, 11) is 4.09. The number of benzene rings is 1. The van der Waals surface area contributed by atoms with Gasteiger partial charge in [-0.2, -0.15) is 0 Å². The van der Waals surface area contributed by atoms with Crippen molar-refractivity contribution >= 4 is 5.91 Å². The largest absolute Gasteiger partial charge is 0.507 e. The number of fused-ring (bicyclic) bond motifs is 3. The molecule has 2 aliphatic rings. The number of phenols is 1. The number of hydrogen-bond donors (Lipinski definition) is 3. The van der Waals surface area contributed by atoms with Crippen molar-refractivity contribution in [2.45, 2.75) is 30.9 Å². The molecule has 5 heteroatoms. The van der Waals surface area contributed by atoms with Gasteiger partial charge in [-0.15, -0.1) is 0 Å². The van der Waals surface area contributed by atoms with Crippen molar-refractivity contribution in [2.24, 2.45) is 11.7 Å². The predicted octanol–water partition coefficient (Wildman–Crippen LogP) is 0.998. The van der Waals surface area contributed by atoms with Gasteiger partial charge >= 0.3 is 0 Å². The maximum atomic E-state index is 11.5. The highest BCUT2D eigenvalue weighted by Crippen LogP contribution is 2.47. The average Bonchev–Trinajstić information content (AvgIpc) is 2.45. The van der Waals surface area contributed by atoms with Crippen LogP contribution in [0, 0.1) is 5.92 Å². The van der Waals surface area contributed by atoms with Crippen molar-refractivity contribution in [3.63, 3.8) is 0 Å². The number of nitrogens with two attached hydrogens (primary N) is 1. The number of likely N-dealkylation sites (N-methyl/N-ethyl adjacent to an activating group) is 1. The summed E-state index contributed by atoms with van der Waals surface area (Å²) in [5.41, 5.74) is 7.32. The van der Waals surface area contributed by atoms with Gasteiger partial charge in [-0.1, -0.05) is 18.2 Å². The molecule has 0 heterocycles. The van der Waals surface area contributed by atoms with Gasteiger partial charge in [0.2, 0.25) is 0 Å². The van der Waals surface area contributed by atoms with Gasteiger partial charge in [-0.25, -0.2) is 0 Å². The van der Waals surface area contributed by atoms with Crippen LogP contribution in [0.2, 0.25) is 0 Å². The summed E-state index contributed by atoms with van der Waals surface area (Å²) in [6.07, 6.45) is 4.71. The molecule has 0 radical (unpaired) electrons. The number of carbonyl (C=O) groups is 1. The van der Waals surface area contributed by atoms with E-state index in [1.54, 1.807) is 6.07 Å². The standard InChI is InChI=1S/C17H22N2O3/c1-19(2)14-7-9-3-5-12(17(18)22)16(21)15(9)13-8-10(20)4-6-11(13)14/h3-6,10-11,13-14,20-21H,7-8H2,1-2H3,(H2,18,22)/t10?,11?,13?,14-/m1/s1. The lowest BCUT2D eigenvalue weighted by Crippen LogP contribution is -2.44. The van der Waals surface area contributed by atoms with E-state index in [0.717, 1.165) is 17.5 Å². The monoisotopic (exact) mass is 302 g/mol. The Balaban J connectivity index is 2.15. The lowest BCUT2D eigenvalue weighted by atomic mass is 9.67. The Kier molecular flexibility index (Phi) is 3.70. The maximum absolute atomic E-state index is 11.5. The Morgan fingerprint density at radius 1 is 1.32 bits per heavy atom. The van der Waals surface area contributed by atoms with Gasteiger partial charge in [-0.05, 0) is 50.4 Å². The molecule has 0 spiro atoms. The number of aromatic hydroxyl groups is 1. The van der Waals surface area contributed by atoms with E-state index in [1.165, 1.54) is 0 Å². The molecule has 0 aliphatic heterocycles. The summed E-state index contributed by atoms with van der Waals surface area (Å²) in [4.78, 5) is 13.7. The van der Waals surface area contributed by atoms with E-state index >= 15 is 0 Å². The third-order valence-corrected chi connectivity index (χ3v) is 5.00. The molecule has 5 nitrogen and oxygen atoms in total. The van der Waals surface area contributed by atoms with Gasteiger partial charge in [0, 0.05) is 11.6 Å². The van der Waals surface area contributed by atoms with E-state index in [4.69, 9.17) is 5.73 Å². The number of primary amides is 1. The third kappa shape index (κ3) is 2.30. The second-order valence-corrected chi connectivity index (χ2v) is 6.51. The first kappa shape index (κ1) is 15.1. The summed E-state index contributed by atoms with van der Waals surface area (Å²) in [6, 6.07) is 3.78. The van der Waals surface area contributed by atoms with E-state index in [9.17, 15) is 15.0 Å². The summed E-state index contributed by atoms with van der Waals surface area (Å²) in [6.45, 7) is 0. The zero-order valence-electron chi connectivity index (χ0n) is 12.9. The molecule has 3 rings (SSSR count). The fourth-order valence-corrected chi connectivity index (χ4v) is 3.92. The SMILES string of the molecule is CN(C)[C@@H]1Cc2ccc(C(N)=O)c(O)c2C2CC(O)C=CC21. The van der Waals surface area contributed by atoms with Crippen molar-refractivity contribution in [1.82, 2.24) is 4.90 Å². The molecule has 4 N–H and O–H groups in total. The van der Waals surface area contributed by atoms with Crippen LogP contribution < -0.4 is 5.73 Å². The first-order valence-corrected chi connectivity index (χ1v) is 7.57. The van der Waals surface area contributed by atoms with Gasteiger partial charge in [0.25, 0.3) is 5.91 Å². The number of carbonyl (C=O) groups excluding carboxylic acids is 1. The van der Waals surface area contributed by atoms with Crippen LogP contribution in [-0.4, -0.2) is 47.3 Å². The Labute approximate surface area is 130 Å². The second-order valence-electron chi connectivity index (χ2n) is 6.51. The zero-order valence-corrected chi connectivity index (χ0v) is 12.9. The molecule has 1 amide bonds. The first-order valence-electron chi connectivity index (χ1n) is 7.57. The lowest BCUT2D eigenvalue weighted by molar-refractivity contribution is 0.0997. The van der Waals surface area contributed by atoms with Crippen molar-refractivity contribution < 1.29 is 15.0 Å². The highest BCUT2D eigenvalue weighted by Gasteiger charge is 2.41. The smallest absolute Gasteiger partial charge is 0.252 e. The highest BCUT2D eigenvalue weighted by atomic mass is 16.3. The molecule has 0 fully saturated rings. The van der Waals surface area contributed by atoms with E-state index < -0.39 is 12.0 Å². The minimum Gasteiger partial charge on any atom is -0.507 e. The fourth-order valence-electron chi connectivity index (χ4n) is 3.92. The highest BCUT2D eigenvalue weighted by molar-refractivity contribution is 5.96. The Bertz CT molecular complexity index is 639. The molecule has 1 aromatic rings. The maximum Gasteiger partial charge on any atom is 0.252 e. The van der Waals surface area contributed by atoms with Gasteiger partial charge in [-0.3, -0.25) is 4.79 Å². The Morgan fingerprint density at radius 2 is 2.05 bits per heavy atom. The number of aliphatic hydroxyl groups excluding tert-OH is 1. The molecule has 2 aliphatic carbocycles. The van der Waals surface area contributed by atoms with Crippen LogP contribution in [0.1, 0.15) is 33.8 Å². The molecule has 1 aromatic carbocycles. The molecule has 0 saturated carbocycles. The van der Waals surface area contributed by atoms with Crippen LogP contribution in [0.4, 0.5) is 0 Å². The molecule has 22 heavy (non-hydrogen) atoms. The van der Waals surface area contributed by atoms with Crippen molar-refractivity contribution in [3.05, 3.63) is 41.0 Å². The van der Waals surface area contributed by atoms with Crippen molar-refractivity contribution in [3.8, 4) is 5.75 Å². The summed E-state index contributed by atoms with van der Waals surface area (Å²) in [5.74, 6) is -0.437. The van der Waals surface area contributed by atoms with Gasteiger partial charge in [0.1, 0.15) is 5.75 Å². The Morgan fingerprint density at radius 3 is 2.68 bits per heavy atom. The minimum absolute atomic E-state index is 0.00421. The van der Waals surface area contributed by atoms with Crippen LogP contribution in [0.3, 0.4) is 0 Å². The van der Waals surface area contributed by atoms with Gasteiger partial charge < -0.3 is 20.8 Å². The van der Waals surface area contributed by atoms with Crippen LogP contribution in [0.15, 0.2) is 24.3 Å². The minimum atomic E-state index is -0.626. The number of aliphatic hydroxyl groups is 1. The molecule has 0 bridgehead atoms. The molecule has 0 saturated heterocycles. The second kappa shape index (κ2) is 5.41. The van der Waals surface area contributed by atoms with Gasteiger partial charge in [0.15, 0.2) is 0 Å². The molecule has 4 atom stereocenters. The van der Waals surface area contributed by atoms with Crippen molar-refractivity contribution in [2.75, 3.05) is 14.1 Å². The first-order chi connectivity index (χ1) is 10.4. The summed E-state index contributed by atoms with van der Waals surface area (Å²) >= 11 is 0. The van der Waals surface area contributed by atoms with Gasteiger partial charge in [0.05, 0.1) is 11.7 Å². The van der Waals surface area contributed by atoms with E-state index in [0.29, 0.717) is 12.5 Å². The van der Waals surface area contributed by atoms with E-state index in [1.807, 2.05) is 32.3 Å². The van der Waals surface area contributed by atoms with Crippen LogP contribution in [0.25, 0.3) is 0 Å². The molecule has 0 aromatic heterocycles. The van der Waals surface area contributed by atoms with Crippen LogP contribution in [-0.2, 0) is 6.42 Å². The number of amides is 1. The summed E-state index contributed by atoms with van der Waals surface area (Å²) < 4.78 is 0. The number of nitrogens with zero attached hydrogens (tertiary/aromatic N) is 1. The van der Waals surface area contributed by atoms with Crippen LogP contribution in [0.5, 0.6) is 5.75 Å². The Hall–Kier alpha value is -1.85. The lowest BCUT2D eigenvalue weighted by Gasteiger charge is -2.44. The zero-order chi connectivity index (χ0) is 16.0. The fraction of sp³-hybridized carbons (Fsp3) is 0.471. The van der Waals surface area contributed by atoms with Crippen molar-refractivity contribution in [1.29, 1.82) is 0 Å². The van der Waals surface area contributed by atoms with Crippen LogP contribution >= 0.6 is 0 Å². The average molecular weight is 302 g/mol. The molecule has 118 valence electrons. The third-order valence-electron chi connectivity index (χ3n) is 5.00. The number of rotatable bonds is 2. The normalized spacial score (nSPS) is 30.0. The number of hydrogen-bond acceptors (Lipinski definition) is 4. The predicted molar refractivity (Wildman–Crippen MR) is 83.8 cm³/mol. The quantitative estimate of drug-likeness (QED) is 0.711. The topological polar surface area (TPSA) is 86.8 Å². The van der Waals surface area contributed by atoms with E-state index in [-0.39, 0.29) is 23.1 Å². The van der Waals surface area contributed by atoms with E-state index in [2.05, 4.69) is 4.90 Å². The molecule has 3 unspecified atom stereocenters. The molecular formula is C17H22N2O3.